The van der Waals surface area contributed by atoms with Gasteiger partial charge in [0.1, 0.15) is 23.4 Å². The van der Waals surface area contributed by atoms with Crippen molar-refractivity contribution in [3.8, 4) is 28.3 Å². The van der Waals surface area contributed by atoms with Crippen LogP contribution in [0, 0.1) is 0 Å². The molecule has 1 amide bonds. The zero-order chi connectivity index (χ0) is 25.1. The van der Waals surface area contributed by atoms with Crippen molar-refractivity contribution in [2.75, 3.05) is 20.8 Å². The summed E-state index contributed by atoms with van der Waals surface area (Å²) in [6, 6.07) is 9.03. The second-order valence-electron chi connectivity index (χ2n) is 7.69. The van der Waals surface area contributed by atoms with Crippen LogP contribution in [0.25, 0.3) is 27.8 Å². The topological polar surface area (TPSA) is 83.2 Å². The number of fused-ring (bicyclic) bond motifs is 1. The SMILES string of the molecule is CCn1cc(-c2ccc3c(c2)ncn3-c2cc(OC)c(C(=O)NCC(F)C(F)F)c(OC)c2)cn1. The lowest BCUT2D eigenvalue weighted by molar-refractivity contribution is 0.0487. The smallest absolute Gasteiger partial charge is 0.271 e. The van der Waals surface area contributed by atoms with Crippen LogP contribution in [0.3, 0.4) is 0 Å². The van der Waals surface area contributed by atoms with Crippen molar-refractivity contribution >= 4 is 16.9 Å². The van der Waals surface area contributed by atoms with Gasteiger partial charge in [-0.25, -0.2) is 18.2 Å². The number of benzene rings is 2. The summed E-state index contributed by atoms with van der Waals surface area (Å²) in [4.78, 5) is 17.1. The Bertz CT molecular complexity index is 1330. The first kappa shape index (κ1) is 24.1. The van der Waals surface area contributed by atoms with Crippen LogP contribution in [0.4, 0.5) is 13.2 Å². The Morgan fingerprint density at radius 1 is 1.09 bits per heavy atom. The molecule has 35 heavy (non-hydrogen) atoms. The molecule has 4 aromatic rings. The summed E-state index contributed by atoms with van der Waals surface area (Å²) in [5.41, 5.74) is 4.06. The Morgan fingerprint density at radius 3 is 2.40 bits per heavy atom. The number of amides is 1. The van der Waals surface area contributed by atoms with Gasteiger partial charge in [0.15, 0.2) is 6.17 Å². The summed E-state index contributed by atoms with van der Waals surface area (Å²) in [6.45, 7) is 1.95. The number of hydrogen-bond donors (Lipinski definition) is 1. The molecule has 0 bridgehead atoms. The summed E-state index contributed by atoms with van der Waals surface area (Å²) in [5.74, 6) is -0.522. The molecule has 2 heterocycles. The molecule has 0 aliphatic rings. The van der Waals surface area contributed by atoms with Gasteiger partial charge in [-0.1, -0.05) is 6.07 Å². The molecule has 0 saturated heterocycles. The summed E-state index contributed by atoms with van der Waals surface area (Å²) in [6.07, 6.45) is -0.278. The fourth-order valence-electron chi connectivity index (χ4n) is 3.71. The molecule has 1 N–H and O–H groups in total. The minimum atomic E-state index is -3.20. The Balaban J connectivity index is 1.69. The van der Waals surface area contributed by atoms with E-state index in [1.54, 1.807) is 29.2 Å². The van der Waals surface area contributed by atoms with E-state index in [-0.39, 0.29) is 17.1 Å². The van der Waals surface area contributed by atoms with Gasteiger partial charge in [-0.3, -0.25) is 14.0 Å². The Kier molecular flexibility index (Phi) is 6.94. The van der Waals surface area contributed by atoms with Gasteiger partial charge in [-0.05, 0) is 24.6 Å². The molecular formula is C24H24F3N5O3. The van der Waals surface area contributed by atoms with Crippen molar-refractivity contribution in [2.45, 2.75) is 26.1 Å². The van der Waals surface area contributed by atoms with E-state index >= 15 is 0 Å². The first-order valence-corrected chi connectivity index (χ1v) is 10.8. The number of nitrogens with zero attached hydrogens (tertiary/aromatic N) is 4. The van der Waals surface area contributed by atoms with Gasteiger partial charge in [-0.2, -0.15) is 5.10 Å². The van der Waals surface area contributed by atoms with Gasteiger partial charge < -0.3 is 14.8 Å². The quantitative estimate of drug-likeness (QED) is 0.382. The first-order chi connectivity index (χ1) is 16.9. The molecule has 11 heteroatoms. The van der Waals surface area contributed by atoms with Crippen molar-refractivity contribution < 1.29 is 27.4 Å². The largest absolute Gasteiger partial charge is 0.496 e. The number of methoxy groups -OCH3 is 2. The molecule has 4 rings (SSSR count). The van der Waals surface area contributed by atoms with Crippen LogP contribution in [-0.2, 0) is 6.54 Å². The number of carbonyl (C=O) groups is 1. The predicted octanol–water partition coefficient (Wildman–Crippen LogP) is 4.26. The molecule has 0 spiro atoms. The van der Waals surface area contributed by atoms with Gasteiger partial charge in [0, 0.05) is 30.4 Å². The monoisotopic (exact) mass is 487 g/mol. The molecule has 8 nitrogen and oxygen atoms in total. The van der Waals surface area contributed by atoms with Gasteiger partial charge >= 0.3 is 0 Å². The van der Waals surface area contributed by atoms with E-state index in [0.29, 0.717) is 5.69 Å². The van der Waals surface area contributed by atoms with E-state index in [4.69, 9.17) is 9.47 Å². The molecule has 2 aromatic carbocycles. The van der Waals surface area contributed by atoms with Crippen LogP contribution >= 0.6 is 0 Å². The summed E-state index contributed by atoms with van der Waals surface area (Å²) >= 11 is 0. The van der Waals surface area contributed by atoms with Crippen LogP contribution < -0.4 is 14.8 Å². The number of halogens is 3. The molecule has 0 saturated carbocycles. The third-order valence-corrected chi connectivity index (χ3v) is 5.56. The predicted molar refractivity (Wildman–Crippen MR) is 124 cm³/mol. The van der Waals surface area contributed by atoms with E-state index < -0.39 is 25.0 Å². The zero-order valence-electron chi connectivity index (χ0n) is 19.3. The molecule has 0 radical (unpaired) electrons. The zero-order valence-corrected chi connectivity index (χ0v) is 19.3. The maximum atomic E-state index is 13.3. The highest BCUT2D eigenvalue weighted by atomic mass is 19.3. The van der Waals surface area contributed by atoms with Crippen molar-refractivity contribution in [1.29, 1.82) is 0 Å². The number of aryl methyl sites for hydroxylation is 1. The van der Waals surface area contributed by atoms with Crippen LogP contribution in [0.5, 0.6) is 11.5 Å². The number of hydrogen-bond acceptors (Lipinski definition) is 5. The van der Waals surface area contributed by atoms with Crippen molar-refractivity contribution in [3.63, 3.8) is 0 Å². The summed E-state index contributed by atoms with van der Waals surface area (Å²) < 4.78 is 52.6. The number of nitrogens with one attached hydrogen (secondary N) is 1. The minimum absolute atomic E-state index is 0.0279. The van der Waals surface area contributed by atoms with E-state index in [2.05, 4.69) is 15.4 Å². The second kappa shape index (κ2) is 10.1. The first-order valence-electron chi connectivity index (χ1n) is 10.8. The van der Waals surface area contributed by atoms with Crippen LogP contribution in [0.15, 0.2) is 49.1 Å². The molecule has 1 unspecified atom stereocenters. The Morgan fingerprint density at radius 2 is 1.80 bits per heavy atom. The molecule has 184 valence electrons. The highest BCUT2D eigenvalue weighted by molar-refractivity contribution is 6.00. The van der Waals surface area contributed by atoms with Crippen molar-refractivity contribution in [3.05, 3.63) is 54.6 Å². The molecule has 1 atom stereocenters. The van der Waals surface area contributed by atoms with Gasteiger partial charge in [0.2, 0.25) is 0 Å². The summed E-state index contributed by atoms with van der Waals surface area (Å²) in [7, 11) is 2.72. The molecule has 0 aliphatic carbocycles. The van der Waals surface area contributed by atoms with Crippen LogP contribution in [0.2, 0.25) is 0 Å². The number of alkyl halides is 3. The van der Waals surface area contributed by atoms with E-state index in [9.17, 15) is 18.0 Å². The lowest BCUT2D eigenvalue weighted by Gasteiger charge is -2.16. The van der Waals surface area contributed by atoms with E-state index in [1.807, 2.05) is 36.0 Å². The number of aromatic nitrogens is 4. The van der Waals surface area contributed by atoms with Gasteiger partial charge in [0.25, 0.3) is 12.3 Å². The maximum absolute atomic E-state index is 13.3. The fourth-order valence-corrected chi connectivity index (χ4v) is 3.71. The van der Waals surface area contributed by atoms with Crippen LogP contribution in [-0.4, -0.2) is 58.6 Å². The van der Waals surface area contributed by atoms with Crippen molar-refractivity contribution in [1.82, 2.24) is 24.6 Å². The van der Waals surface area contributed by atoms with Gasteiger partial charge in [-0.15, -0.1) is 0 Å². The number of rotatable bonds is 9. The lowest BCUT2D eigenvalue weighted by atomic mass is 10.1. The normalized spacial score (nSPS) is 12.2. The number of ether oxygens (including phenoxy) is 2. The molecular weight excluding hydrogens is 463 g/mol. The Hall–Kier alpha value is -4.02. The maximum Gasteiger partial charge on any atom is 0.271 e. The average Bonchev–Trinajstić information content (AvgIpc) is 3.52. The average molecular weight is 487 g/mol. The lowest BCUT2D eigenvalue weighted by Crippen LogP contribution is -2.33. The third-order valence-electron chi connectivity index (χ3n) is 5.56. The highest BCUT2D eigenvalue weighted by Crippen LogP contribution is 2.34. The number of imidazole rings is 1. The van der Waals surface area contributed by atoms with Crippen molar-refractivity contribution in [2.24, 2.45) is 0 Å². The van der Waals surface area contributed by atoms with E-state index in [1.165, 1.54) is 14.2 Å². The molecule has 2 aromatic heterocycles. The molecule has 0 aliphatic heterocycles. The van der Waals surface area contributed by atoms with Crippen LogP contribution in [0.1, 0.15) is 17.3 Å². The van der Waals surface area contributed by atoms with E-state index in [0.717, 1.165) is 28.7 Å². The number of carbonyl (C=O) groups excluding carboxylic acids is 1. The highest BCUT2D eigenvalue weighted by Gasteiger charge is 2.24. The summed E-state index contributed by atoms with van der Waals surface area (Å²) in [5, 5.41) is 6.47. The Labute approximate surface area is 199 Å². The minimum Gasteiger partial charge on any atom is -0.496 e. The standard InChI is InChI=1S/C24H24F3N5O3/c1-4-31-12-15(10-30-31)14-5-6-19-18(7-14)29-13-32(19)16-8-20(34-2)22(21(9-16)35-3)24(33)28-11-17(25)23(26)27/h5-10,12-13,17,23H,4,11H2,1-3H3,(H,28,33). The van der Waals surface area contributed by atoms with Gasteiger partial charge in [0.05, 0.1) is 43.7 Å². The second-order valence-corrected chi connectivity index (χ2v) is 7.69. The fraction of sp³-hybridized carbons (Fsp3) is 0.292. The molecule has 0 fully saturated rings. The third kappa shape index (κ3) is 4.79.